The second kappa shape index (κ2) is 4.51. The molecule has 1 aliphatic heterocycles. The molecule has 106 valence electrons. The van der Waals surface area contributed by atoms with Crippen molar-refractivity contribution in [3.63, 3.8) is 0 Å². The predicted octanol–water partition coefficient (Wildman–Crippen LogP) is 2.13. The van der Waals surface area contributed by atoms with Gasteiger partial charge in [-0.05, 0) is 30.4 Å². The summed E-state index contributed by atoms with van der Waals surface area (Å²) in [5, 5.41) is 0.546. The van der Waals surface area contributed by atoms with E-state index < -0.39 is 0 Å². The second-order valence-corrected chi connectivity index (χ2v) is 6.35. The highest BCUT2D eigenvalue weighted by molar-refractivity contribution is 5.88. The Morgan fingerprint density at radius 2 is 2.20 bits per heavy atom. The van der Waals surface area contributed by atoms with Crippen molar-refractivity contribution >= 4 is 22.3 Å². The van der Waals surface area contributed by atoms with Crippen molar-refractivity contribution in [3.05, 3.63) is 28.8 Å². The van der Waals surface area contributed by atoms with Gasteiger partial charge in [0.25, 0.3) is 5.56 Å². The molecule has 5 heteroatoms. The molecule has 3 N–H and O–H groups in total. The van der Waals surface area contributed by atoms with Gasteiger partial charge in [0.05, 0.1) is 28.6 Å². The van der Waals surface area contributed by atoms with Gasteiger partial charge in [-0.2, -0.15) is 0 Å². The van der Waals surface area contributed by atoms with E-state index in [4.69, 9.17) is 5.73 Å². The summed E-state index contributed by atoms with van der Waals surface area (Å²) >= 11 is 0. The summed E-state index contributed by atoms with van der Waals surface area (Å²) in [7, 11) is 0. The van der Waals surface area contributed by atoms with Gasteiger partial charge in [-0.1, -0.05) is 13.8 Å². The SMILES string of the molecule is CC1(C)CCCN(c2cc3nc[nH]c(=O)c3cc2N)C1. The second-order valence-electron chi connectivity index (χ2n) is 6.35. The van der Waals surface area contributed by atoms with E-state index in [2.05, 4.69) is 28.7 Å². The van der Waals surface area contributed by atoms with Crippen LogP contribution in [0.4, 0.5) is 11.4 Å². The van der Waals surface area contributed by atoms with E-state index in [0.717, 1.165) is 25.2 Å². The number of hydrogen-bond donors (Lipinski definition) is 2. The summed E-state index contributed by atoms with van der Waals surface area (Å²) in [6.07, 6.45) is 3.83. The number of fused-ring (bicyclic) bond motifs is 1. The largest absolute Gasteiger partial charge is 0.397 e. The lowest BCUT2D eigenvalue weighted by Gasteiger charge is -2.39. The number of aromatic amines is 1. The number of rotatable bonds is 1. The van der Waals surface area contributed by atoms with Gasteiger partial charge in [-0.3, -0.25) is 4.79 Å². The monoisotopic (exact) mass is 272 g/mol. The summed E-state index contributed by atoms with van der Waals surface area (Å²) in [6, 6.07) is 3.67. The van der Waals surface area contributed by atoms with Gasteiger partial charge in [0.15, 0.2) is 0 Å². The normalized spacial score (nSPS) is 18.4. The number of piperidine rings is 1. The molecule has 3 rings (SSSR count). The molecule has 1 aromatic carbocycles. The Hall–Kier alpha value is -2.04. The highest BCUT2D eigenvalue weighted by Crippen LogP contribution is 2.35. The number of nitrogens with zero attached hydrogens (tertiary/aromatic N) is 2. The number of benzene rings is 1. The Balaban J connectivity index is 2.08. The van der Waals surface area contributed by atoms with Crippen molar-refractivity contribution in [2.45, 2.75) is 26.7 Å². The molecule has 0 bridgehead atoms. The number of nitrogen functional groups attached to an aromatic ring is 1. The summed E-state index contributed by atoms with van der Waals surface area (Å²) in [5.41, 5.74) is 8.63. The molecule has 0 radical (unpaired) electrons. The Bertz CT molecular complexity index is 705. The molecular weight excluding hydrogens is 252 g/mol. The van der Waals surface area contributed by atoms with Crippen LogP contribution >= 0.6 is 0 Å². The lowest BCUT2D eigenvalue weighted by atomic mass is 9.84. The summed E-state index contributed by atoms with van der Waals surface area (Å²) in [6.45, 7) is 6.53. The number of aromatic nitrogens is 2. The van der Waals surface area contributed by atoms with E-state index in [1.54, 1.807) is 6.07 Å². The number of H-pyrrole nitrogens is 1. The first-order valence-electron chi connectivity index (χ1n) is 6.98. The zero-order chi connectivity index (χ0) is 14.3. The summed E-state index contributed by atoms with van der Waals surface area (Å²) < 4.78 is 0. The van der Waals surface area contributed by atoms with Crippen LogP contribution in [-0.2, 0) is 0 Å². The molecule has 1 fully saturated rings. The molecule has 0 spiro atoms. The molecule has 0 aliphatic carbocycles. The Morgan fingerprint density at radius 1 is 1.40 bits per heavy atom. The molecule has 0 amide bonds. The van der Waals surface area contributed by atoms with E-state index >= 15 is 0 Å². The third kappa shape index (κ3) is 2.24. The van der Waals surface area contributed by atoms with E-state index in [9.17, 15) is 4.79 Å². The molecule has 20 heavy (non-hydrogen) atoms. The van der Waals surface area contributed by atoms with Crippen LogP contribution in [-0.4, -0.2) is 23.1 Å². The maximum atomic E-state index is 11.8. The first-order chi connectivity index (χ1) is 9.46. The van der Waals surface area contributed by atoms with Crippen molar-refractivity contribution in [2.24, 2.45) is 5.41 Å². The topological polar surface area (TPSA) is 75.0 Å². The van der Waals surface area contributed by atoms with Crippen molar-refractivity contribution in [1.29, 1.82) is 0 Å². The van der Waals surface area contributed by atoms with E-state index in [1.807, 2.05) is 6.07 Å². The molecular formula is C15H20N4O. The maximum Gasteiger partial charge on any atom is 0.258 e. The van der Waals surface area contributed by atoms with Crippen LogP contribution in [0.2, 0.25) is 0 Å². The Labute approximate surface area is 117 Å². The van der Waals surface area contributed by atoms with Crippen molar-refractivity contribution in [1.82, 2.24) is 9.97 Å². The van der Waals surface area contributed by atoms with Crippen LogP contribution in [0.1, 0.15) is 26.7 Å². The summed E-state index contributed by atoms with van der Waals surface area (Å²) in [5.74, 6) is 0. The Kier molecular flexibility index (Phi) is 2.92. The van der Waals surface area contributed by atoms with Crippen LogP contribution in [0.5, 0.6) is 0 Å². The van der Waals surface area contributed by atoms with Crippen molar-refractivity contribution in [2.75, 3.05) is 23.7 Å². The van der Waals surface area contributed by atoms with Crippen LogP contribution < -0.4 is 16.2 Å². The quantitative estimate of drug-likeness (QED) is 0.780. The average Bonchev–Trinajstić information content (AvgIpc) is 2.38. The minimum Gasteiger partial charge on any atom is -0.397 e. The number of nitrogens with one attached hydrogen (secondary N) is 1. The van der Waals surface area contributed by atoms with Gasteiger partial charge < -0.3 is 15.6 Å². The van der Waals surface area contributed by atoms with Crippen molar-refractivity contribution in [3.8, 4) is 0 Å². The molecule has 1 saturated heterocycles. The van der Waals surface area contributed by atoms with Gasteiger partial charge in [0.1, 0.15) is 0 Å². The number of anilines is 2. The highest BCUT2D eigenvalue weighted by Gasteiger charge is 2.27. The first-order valence-corrected chi connectivity index (χ1v) is 6.98. The van der Waals surface area contributed by atoms with E-state index in [-0.39, 0.29) is 5.56 Å². The molecule has 1 aliphatic rings. The maximum absolute atomic E-state index is 11.8. The van der Waals surface area contributed by atoms with Crippen LogP contribution in [0.3, 0.4) is 0 Å². The standard InChI is InChI=1S/C15H20N4O/c1-15(2)4-3-5-19(8-15)13-7-12-10(6-11(13)16)14(20)18-9-17-12/h6-7,9H,3-5,8,16H2,1-2H3,(H,17,18,20). The predicted molar refractivity (Wildman–Crippen MR) is 82.0 cm³/mol. The van der Waals surface area contributed by atoms with E-state index in [0.29, 0.717) is 22.0 Å². The summed E-state index contributed by atoms with van der Waals surface area (Å²) in [4.78, 5) is 20.9. The number of hydrogen-bond acceptors (Lipinski definition) is 4. The lowest BCUT2D eigenvalue weighted by molar-refractivity contribution is 0.293. The smallest absolute Gasteiger partial charge is 0.258 e. The third-order valence-electron chi connectivity index (χ3n) is 4.03. The third-order valence-corrected chi connectivity index (χ3v) is 4.03. The Morgan fingerprint density at radius 3 is 2.95 bits per heavy atom. The fraction of sp³-hybridized carbons (Fsp3) is 0.467. The minimum atomic E-state index is -0.146. The van der Waals surface area contributed by atoms with Crippen LogP contribution in [0.15, 0.2) is 23.3 Å². The van der Waals surface area contributed by atoms with Gasteiger partial charge >= 0.3 is 0 Å². The van der Waals surface area contributed by atoms with Gasteiger partial charge in [0.2, 0.25) is 0 Å². The van der Waals surface area contributed by atoms with E-state index in [1.165, 1.54) is 12.7 Å². The molecule has 0 unspecified atom stereocenters. The molecule has 5 nitrogen and oxygen atoms in total. The van der Waals surface area contributed by atoms with Gasteiger partial charge in [0, 0.05) is 13.1 Å². The molecule has 2 heterocycles. The lowest BCUT2D eigenvalue weighted by Crippen LogP contribution is -2.40. The number of nitrogens with two attached hydrogens (primary N) is 1. The fourth-order valence-corrected chi connectivity index (χ4v) is 3.02. The molecule has 1 aromatic heterocycles. The van der Waals surface area contributed by atoms with Crippen LogP contribution in [0, 0.1) is 5.41 Å². The fourth-order valence-electron chi connectivity index (χ4n) is 3.02. The first kappa shape index (κ1) is 13.0. The van der Waals surface area contributed by atoms with Crippen molar-refractivity contribution < 1.29 is 0 Å². The van der Waals surface area contributed by atoms with Gasteiger partial charge in [-0.15, -0.1) is 0 Å². The zero-order valence-corrected chi connectivity index (χ0v) is 11.9. The minimum absolute atomic E-state index is 0.146. The molecule has 0 atom stereocenters. The van der Waals surface area contributed by atoms with Crippen LogP contribution in [0.25, 0.3) is 10.9 Å². The van der Waals surface area contributed by atoms with Gasteiger partial charge in [-0.25, -0.2) is 4.98 Å². The molecule has 0 saturated carbocycles. The highest BCUT2D eigenvalue weighted by atomic mass is 16.1. The average molecular weight is 272 g/mol. The molecule has 2 aromatic rings. The zero-order valence-electron chi connectivity index (χ0n) is 11.9.